The molecule has 0 aliphatic carbocycles. The number of aromatic amines is 1. The highest BCUT2D eigenvalue weighted by atomic mass is 19.2. The molecule has 8 heteroatoms. The molecule has 30 heavy (non-hydrogen) atoms. The quantitative estimate of drug-likeness (QED) is 0.519. The molecule has 0 spiro atoms. The highest BCUT2D eigenvalue weighted by Crippen LogP contribution is 2.37. The first kappa shape index (κ1) is 18.5. The minimum Gasteiger partial charge on any atom is -0.361 e. The van der Waals surface area contributed by atoms with Gasteiger partial charge in [-0.1, -0.05) is 11.2 Å². The number of nitrogens with zero attached hydrogens (tertiary/aromatic N) is 3. The SMILES string of the molecule is Cc1noc(C)c1-c1ccc2nc([C@@H]3CCC(=O)N3c3ccc(F)c(F)c3)[nH]c2c1. The fraction of sp³-hybridized carbons (Fsp3) is 0.227. The zero-order valence-corrected chi connectivity index (χ0v) is 16.4. The second kappa shape index (κ2) is 6.76. The van der Waals surface area contributed by atoms with E-state index in [2.05, 4.69) is 15.1 Å². The molecule has 0 unspecified atom stereocenters. The lowest BCUT2D eigenvalue weighted by molar-refractivity contribution is -0.117. The van der Waals surface area contributed by atoms with Gasteiger partial charge in [0, 0.05) is 23.7 Å². The molecule has 6 nitrogen and oxygen atoms in total. The van der Waals surface area contributed by atoms with Crippen molar-refractivity contribution in [3.63, 3.8) is 0 Å². The maximum Gasteiger partial charge on any atom is 0.227 e. The molecule has 1 aliphatic heterocycles. The predicted octanol–water partition coefficient (Wildman–Crippen LogP) is 4.98. The topological polar surface area (TPSA) is 75.0 Å². The molecular weight excluding hydrogens is 390 g/mol. The summed E-state index contributed by atoms with van der Waals surface area (Å²) in [5.41, 5.74) is 4.58. The van der Waals surface area contributed by atoms with Gasteiger partial charge in [-0.3, -0.25) is 4.79 Å². The number of fused-ring (bicyclic) bond motifs is 1. The van der Waals surface area contributed by atoms with Crippen molar-refractivity contribution in [2.24, 2.45) is 0 Å². The monoisotopic (exact) mass is 408 g/mol. The van der Waals surface area contributed by atoms with E-state index in [1.807, 2.05) is 32.0 Å². The van der Waals surface area contributed by atoms with Crippen LogP contribution < -0.4 is 4.90 Å². The van der Waals surface area contributed by atoms with Gasteiger partial charge in [-0.05, 0) is 50.1 Å². The molecule has 0 saturated carbocycles. The minimum absolute atomic E-state index is 0.150. The summed E-state index contributed by atoms with van der Waals surface area (Å²) in [7, 11) is 0. The summed E-state index contributed by atoms with van der Waals surface area (Å²) in [6, 6.07) is 8.93. The van der Waals surface area contributed by atoms with Crippen LogP contribution in [-0.4, -0.2) is 21.0 Å². The van der Waals surface area contributed by atoms with Gasteiger partial charge in [0.05, 0.1) is 22.8 Å². The molecule has 1 fully saturated rings. The average Bonchev–Trinajstić information content (AvgIpc) is 3.40. The van der Waals surface area contributed by atoms with Crippen molar-refractivity contribution in [1.29, 1.82) is 0 Å². The van der Waals surface area contributed by atoms with Crippen molar-refractivity contribution in [3.8, 4) is 11.1 Å². The van der Waals surface area contributed by atoms with Crippen molar-refractivity contribution >= 4 is 22.6 Å². The number of carbonyl (C=O) groups excluding carboxylic acids is 1. The van der Waals surface area contributed by atoms with Crippen molar-refractivity contribution in [1.82, 2.24) is 15.1 Å². The molecule has 0 bridgehead atoms. The van der Waals surface area contributed by atoms with Gasteiger partial charge in [0.25, 0.3) is 0 Å². The Labute approximate surface area is 170 Å². The Kier molecular flexibility index (Phi) is 4.16. The Balaban J connectivity index is 1.55. The smallest absolute Gasteiger partial charge is 0.227 e. The van der Waals surface area contributed by atoms with Crippen LogP contribution in [0.25, 0.3) is 22.2 Å². The summed E-state index contributed by atoms with van der Waals surface area (Å²) in [6.07, 6.45) is 0.847. The number of hydrogen-bond donors (Lipinski definition) is 1. The van der Waals surface area contributed by atoms with E-state index in [1.165, 1.54) is 11.0 Å². The van der Waals surface area contributed by atoms with Crippen molar-refractivity contribution in [3.05, 3.63) is 65.3 Å². The van der Waals surface area contributed by atoms with E-state index in [0.717, 1.165) is 45.7 Å². The zero-order valence-electron chi connectivity index (χ0n) is 16.4. The Morgan fingerprint density at radius 1 is 1.13 bits per heavy atom. The number of imidazole rings is 1. The number of anilines is 1. The fourth-order valence-corrected chi connectivity index (χ4v) is 4.14. The minimum atomic E-state index is -0.986. The van der Waals surface area contributed by atoms with Gasteiger partial charge < -0.3 is 14.4 Å². The maximum absolute atomic E-state index is 13.8. The summed E-state index contributed by atoms with van der Waals surface area (Å²) in [4.78, 5) is 21.9. The highest BCUT2D eigenvalue weighted by molar-refractivity contribution is 5.96. The molecule has 2 aromatic heterocycles. The van der Waals surface area contributed by atoms with Crippen molar-refractivity contribution in [2.45, 2.75) is 32.7 Å². The van der Waals surface area contributed by atoms with Crippen LogP contribution in [0.15, 0.2) is 40.9 Å². The molecule has 2 aromatic carbocycles. The van der Waals surface area contributed by atoms with Gasteiger partial charge >= 0.3 is 0 Å². The number of aromatic nitrogens is 3. The molecular formula is C22H18F2N4O2. The second-order valence-corrected chi connectivity index (χ2v) is 7.47. The Morgan fingerprint density at radius 2 is 1.97 bits per heavy atom. The van der Waals surface area contributed by atoms with Gasteiger partial charge in [-0.25, -0.2) is 13.8 Å². The molecule has 1 saturated heterocycles. The van der Waals surface area contributed by atoms with Crippen molar-refractivity contribution < 1.29 is 18.1 Å². The first-order valence-corrected chi connectivity index (χ1v) is 9.62. The summed E-state index contributed by atoms with van der Waals surface area (Å²) in [6.45, 7) is 3.75. The van der Waals surface area contributed by atoms with Crippen LogP contribution in [0.5, 0.6) is 0 Å². The van der Waals surface area contributed by atoms with Crippen LogP contribution >= 0.6 is 0 Å². The Bertz CT molecular complexity index is 1270. The molecule has 4 aromatic rings. The fourth-order valence-electron chi connectivity index (χ4n) is 4.14. The zero-order chi connectivity index (χ0) is 21.0. The number of aryl methyl sites for hydroxylation is 2. The number of benzene rings is 2. The van der Waals surface area contributed by atoms with E-state index in [1.54, 1.807) is 0 Å². The Hall–Kier alpha value is -3.55. The standard InChI is InChI=1S/C22H18F2N4O2/c1-11-21(12(2)30-27-11)13-3-6-17-18(9-13)26-22(25-17)19-7-8-20(29)28(19)14-4-5-15(23)16(24)10-14/h3-6,9-10,19H,7-8H2,1-2H3,(H,25,26)/t19-/m0/s1. The molecule has 1 atom stereocenters. The lowest BCUT2D eigenvalue weighted by Crippen LogP contribution is -2.28. The first-order valence-electron chi connectivity index (χ1n) is 9.62. The largest absolute Gasteiger partial charge is 0.361 e. The van der Waals surface area contributed by atoms with Crippen LogP contribution in [0.4, 0.5) is 14.5 Å². The number of rotatable bonds is 3. The molecule has 3 heterocycles. The van der Waals surface area contributed by atoms with Crippen LogP contribution in [0, 0.1) is 25.5 Å². The molecule has 1 aliphatic rings. The number of halogens is 2. The number of carbonyl (C=O) groups is 1. The van der Waals surface area contributed by atoms with E-state index >= 15 is 0 Å². The third-order valence-corrected chi connectivity index (χ3v) is 5.53. The molecule has 5 rings (SSSR count). The number of hydrogen-bond acceptors (Lipinski definition) is 4. The van der Waals surface area contributed by atoms with Gasteiger partial charge in [-0.2, -0.15) is 0 Å². The van der Waals surface area contributed by atoms with E-state index in [0.29, 0.717) is 24.4 Å². The number of amides is 1. The van der Waals surface area contributed by atoms with Crippen LogP contribution in [0.1, 0.15) is 36.2 Å². The predicted molar refractivity (Wildman–Crippen MR) is 107 cm³/mol. The number of nitrogens with one attached hydrogen (secondary N) is 1. The first-order chi connectivity index (χ1) is 14.4. The third-order valence-electron chi connectivity index (χ3n) is 5.53. The van der Waals surface area contributed by atoms with Crippen LogP contribution in [0.2, 0.25) is 0 Å². The van der Waals surface area contributed by atoms with Gasteiger partial charge in [0.2, 0.25) is 5.91 Å². The summed E-state index contributed by atoms with van der Waals surface area (Å²) in [5.74, 6) is -0.742. The lowest BCUT2D eigenvalue weighted by atomic mass is 10.0. The maximum atomic E-state index is 13.8. The molecule has 1 amide bonds. The van der Waals surface area contributed by atoms with Gasteiger partial charge in [-0.15, -0.1) is 0 Å². The van der Waals surface area contributed by atoms with E-state index in [4.69, 9.17) is 4.52 Å². The summed E-state index contributed by atoms with van der Waals surface area (Å²) >= 11 is 0. The summed E-state index contributed by atoms with van der Waals surface area (Å²) < 4.78 is 32.4. The molecule has 1 N–H and O–H groups in total. The Morgan fingerprint density at radius 3 is 2.70 bits per heavy atom. The van der Waals surface area contributed by atoms with Gasteiger partial charge in [0.15, 0.2) is 11.6 Å². The lowest BCUT2D eigenvalue weighted by Gasteiger charge is -2.23. The molecule has 0 radical (unpaired) electrons. The summed E-state index contributed by atoms with van der Waals surface area (Å²) in [5, 5.41) is 4.00. The molecule has 152 valence electrons. The van der Waals surface area contributed by atoms with Gasteiger partial charge in [0.1, 0.15) is 11.6 Å². The average molecular weight is 408 g/mol. The third kappa shape index (κ3) is 2.87. The normalized spacial score (nSPS) is 16.7. The van der Waals surface area contributed by atoms with Crippen molar-refractivity contribution in [2.75, 3.05) is 4.90 Å². The van der Waals surface area contributed by atoms with E-state index in [-0.39, 0.29) is 11.9 Å². The van der Waals surface area contributed by atoms with E-state index in [9.17, 15) is 13.6 Å². The van der Waals surface area contributed by atoms with Crippen LogP contribution in [-0.2, 0) is 4.79 Å². The highest BCUT2D eigenvalue weighted by Gasteiger charge is 2.35. The van der Waals surface area contributed by atoms with E-state index < -0.39 is 11.6 Å². The second-order valence-electron chi connectivity index (χ2n) is 7.47. The van der Waals surface area contributed by atoms with Crippen LogP contribution in [0.3, 0.4) is 0 Å². The number of H-pyrrole nitrogens is 1.